The van der Waals surface area contributed by atoms with E-state index >= 15 is 0 Å². The van der Waals surface area contributed by atoms with Crippen LogP contribution in [0.15, 0.2) is 51.8 Å². The van der Waals surface area contributed by atoms with Gasteiger partial charge >= 0.3 is 5.97 Å². The van der Waals surface area contributed by atoms with Crippen LogP contribution in [0.1, 0.15) is 28.4 Å². The fraction of sp³-hybridized carbons (Fsp3) is 0.250. The van der Waals surface area contributed by atoms with Gasteiger partial charge < -0.3 is 4.74 Å². The van der Waals surface area contributed by atoms with Gasteiger partial charge in [0.1, 0.15) is 0 Å². The molecule has 152 valence electrons. The maximum atomic E-state index is 12.8. The van der Waals surface area contributed by atoms with Crippen LogP contribution in [0.3, 0.4) is 0 Å². The molecule has 1 atom stereocenters. The molecule has 0 amide bonds. The normalized spacial score (nSPS) is 12.1. The van der Waals surface area contributed by atoms with E-state index in [0.717, 1.165) is 15.6 Å². The lowest BCUT2D eigenvalue weighted by molar-refractivity contribution is -0.144. The second-order valence-corrected chi connectivity index (χ2v) is 8.67. The van der Waals surface area contributed by atoms with Gasteiger partial charge in [0, 0.05) is 16.6 Å². The van der Waals surface area contributed by atoms with Gasteiger partial charge in [-0.1, -0.05) is 40.2 Å². The molecule has 2 aromatic carbocycles. The lowest BCUT2D eigenvalue weighted by Crippen LogP contribution is -2.29. The van der Waals surface area contributed by atoms with Crippen LogP contribution >= 0.6 is 15.9 Å². The van der Waals surface area contributed by atoms with Crippen LogP contribution < -0.4 is 4.72 Å². The van der Waals surface area contributed by atoms with E-state index < -0.39 is 27.7 Å². The van der Waals surface area contributed by atoms with E-state index in [4.69, 9.17) is 4.74 Å². The molecule has 0 heterocycles. The molecule has 0 bridgehead atoms. The van der Waals surface area contributed by atoms with E-state index in [1.54, 1.807) is 19.1 Å². The van der Waals surface area contributed by atoms with Crippen molar-refractivity contribution < 1.29 is 22.7 Å². The summed E-state index contributed by atoms with van der Waals surface area (Å²) in [7, 11) is -4.08. The van der Waals surface area contributed by atoms with E-state index in [1.807, 2.05) is 19.1 Å². The summed E-state index contributed by atoms with van der Waals surface area (Å²) in [5.74, 6) is -3.67. The molecular formula is C20H19BrN2O5S. The minimum absolute atomic E-state index is 0.00159. The predicted octanol–water partition coefficient (Wildman–Crippen LogP) is 3.12. The maximum Gasteiger partial charge on any atom is 0.331 e. The van der Waals surface area contributed by atoms with Crippen molar-refractivity contribution >= 4 is 37.7 Å². The number of benzene rings is 2. The third-order valence-corrected chi connectivity index (χ3v) is 6.39. The first kappa shape index (κ1) is 22.7. The van der Waals surface area contributed by atoms with Gasteiger partial charge in [-0.25, -0.2) is 13.1 Å². The number of ether oxygens (including phenoxy) is 1. The number of sulfonamides is 1. The Balaban J connectivity index is 2.32. The van der Waals surface area contributed by atoms with E-state index in [-0.39, 0.29) is 23.6 Å². The summed E-state index contributed by atoms with van der Waals surface area (Å²) >= 11 is 3.38. The van der Waals surface area contributed by atoms with Gasteiger partial charge in [-0.15, -0.1) is 0 Å². The van der Waals surface area contributed by atoms with Gasteiger partial charge in [0.2, 0.25) is 15.9 Å². The Morgan fingerprint density at radius 1 is 1.24 bits per heavy atom. The molecule has 1 unspecified atom stereocenters. The van der Waals surface area contributed by atoms with Crippen molar-refractivity contribution in [2.75, 3.05) is 6.61 Å². The fourth-order valence-electron chi connectivity index (χ4n) is 2.58. The van der Waals surface area contributed by atoms with Crippen molar-refractivity contribution in [3.63, 3.8) is 0 Å². The second-order valence-electron chi connectivity index (χ2n) is 6.08. The molecule has 0 aliphatic carbocycles. The number of Topliss-reactive ketones (excluding diaryl/α,β-unsaturated/α-hetero) is 1. The molecule has 0 radical (unpaired) electrons. The van der Waals surface area contributed by atoms with Crippen molar-refractivity contribution in [2.45, 2.75) is 25.3 Å². The van der Waals surface area contributed by atoms with Crippen LogP contribution in [-0.2, 0) is 26.1 Å². The van der Waals surface area contributed by atoms with Gasteiger partial charge in [-0.05, 0) is 43.2 Å². The highest BCUT2D eigenvalue weighted by Crippen LogP contribution is 2.21. The summed E-state index contributed by atoms with van der Waals surface area (Å²) in [6.07, 6.45) is 0. The summed E-state index contributed by atoms with van der Waals surface area (Å²) in [4.78, 5) is 24.3. The molecule has 0 fully saturated rings. The van der Waals surface area contributed by atoms with E-state index in [1.165, 1.54) is 24.3 Å². The van der Waals surface area contributed by atoms with Crippen molar-refractivity contribution in [3.8, 4) is 6.07 Å². The number of nitriles is 1. The highest BCUT2D eigenvalue weighted by Gasteiger charge is 2.32. The van der Waals surface area contributed by atoms with Crippen molar-refractivity contribution in [3.05, 3.63) is 63.6 Å². The van der Waals surface area contributed by atoms with Gasteiger partial charge in [0.15, 0.2) is 5.78 Å². The Morgan fingerprint density at radius 3 is 2.55 bits per heavy atom. The number of halogens is 1. The summed E-state index contributed by atoms with van der Waals surface area (Å²) < 4.78 is 33.7. The quantitative estimate of drug-likeness (QED) is 0.354. The Bertz CT molecular complexity index is 1080. The van der Waals surface area contributed by atoms with Gasteiger partial charge in [-0.2, -0.15) is 5.26 Å². The number of esters is 1. The van der Waals surface area contributed by atoms with Crippen LogP contribution in [0.5, 0.6) is 0 Å². The lowest BCUT2D eigenvalue weighted by atomic mass is 9.99. The first-order chi connectivity index (χ1) is 13.7. The third kappa shape index (κ3) is 5.50. The summed E-state index contributed by atoms with van der Waals surface area (Å²) in [5, 5.41) is 9.21. The summed E-state index contributed by atoms with van der Waals surface area (Å²) in [6, 6.07) is 12.4. The van der Waals surface area contributed by atoms with E-state index in [9.17, 15) is 23.3 Å². The first-order valence-electron chi connectivity index (χ1n) is 8.65. The molecule has 0 aromatic heterocycles. The first-order valence-corrected chi connectivity index (χ1v) is 10.9. The molecular weight excluding hydrogens is 460 g/mol. The van der Waals surface area contributed by atoms with Crippen LogP contribution in [0.4, 0.5) is 0 Å². The summed E-state index contributed by atoms with van der Waals surface area (Å²) in [6.45, 7) is 3.44. The summed E-state index contributed by atoms with van der Waals surface area (Å²) in [5.41, 5.74) is 1.44. The molecule has 0 saturated heterocycles. The molecule has 7 nitrogen and oxygen atoms in total. The standard InChI is InChI=1S/C20H19BrN2O5S/c1-3-28-20(25)16(11-22)19(24)15-6-4-5-7-18(15)29(26,27)23-12-14-8-9-17(21)13(2)10-14/h4-10,16,23H,3,12H2,1-2H3. The van der Waals surface area contributed by atoms with Gasteiger partial charge in [-0.3, -0.25) is 9.59 Å². The number of hydrogen-bond donors (Lipinski definition) is 1. The number of rotatable bonds is 8. The monoisotopic (exact) mass is 478 g/mol. The van der Waals surface area contributed by atoms with Crippen LogP contribution in [0, 0.1) is 24.2 Å². The molecule has 2 rings (SSSR count). The minimum Gasteiger partial charge on any atom is -0.465 e. The van der Waals surface area contributed by atoms with Crippen molar-refractivity contribution in [1.29, 1.82) is 5.26 Å². The average Bonchev–Trinajstić information content (AvgIpc) is 2.69. The predicted molar refractivity (Wildman–Crippen MR) is 109 cm³/mol. The van der Waals surface area contributed by atoms with E-state index in [0.29, 0.717) is 0 Å². The zero-order valence-electron chi connectivity index (χ0n) is 15.8. The van der Waals surface area contributed by atoms with E-state index in [2.05, 4.69) is 20.7 Å². The number of carbonyl (C=O) groups is 2. The zero-order chi connectivity index (χ0) is 21.6. The van der Waals surface area contributed by atoms with Crippen LogP contribution in [0.25, 0.3) is 0 Å². The molecule has 9 heteroatoms. The SMILES string of the molecule is CCOC(=O)C(C#N)C(=O)c1ccccc1S(=O)(=O)NCc1ccc(Br)c(C)c1. The topological polar surface area (TPSA) is 113 Å². The molecule has 0 aliphatic heterocycles. The number of ketones is 1. The maximum absolute atomic E-state index is 12.8. The average molecular weight is 479 g/mol. The molecule has 2 aromatic rings. The fourth-order valence-corrected chi connectivity index (χ4v) is 4.05. The number of hydrogen-bond acceptors (Lipinski definition) is 6. The number of aryl methyl sites for hydroxylation is 1. The number of nitrogens with zero attached hydrogens (tertiary/aromatic N) is 1. The van der Waals surface area contributed by atoms with Crippen LogP contribution in [0.2, 0.25) is 0 Å². The van der Waals surface area contributed by atoms with Gasteiger partial charge in [0.05, 0.1) is 17.6 Å². The molecule has 1 N–H and O–H groups in total. The molecule has 0 spiro atoms. The zero-order valence-corrected chi connectivity index (χ0v) is 18.2. The van der Waals surface area contributed by atoms with Crippen molar-refractivity contribution in [2.24, 2.45) is 5.92 Å². The van der Waals surface area contributed by atoms with Crippen LogP contribution in [-0.4, -0.2) is 26.8 Å². The Kier molecular flexibility index (Phi) is 7.67. The third-order valence-electron chi connectivity index (χ3n) is 4.04. The minimum atomic E-state index is -4.08. The number of nitrogens with one attached hydrogen (secondary N) is 1. The van der Waals surface area contributed by atoms with Gasteiger partial charge in [0.25, 0.3) is 0 Å². The second kappa shape index (κ2) is 9.78. The highest BCUT2D eigenvalue weighted by molar-refractivity contribution is 9.10. The Labute approximate surface area is 177 Å². The molecule has 0 saturated carbocycles. The van der Waals surface area contributed by atoms with Crippen molar-refractivity contribution in [1.82, 2.24) is 4.72 Å². The Morgan fingerprint density at radius 2 is 1.93 bits per heavy atom. The lowest BCUT2D eigenvalue weighted by Gasteiger charge is -2.13. The Hall–Kier alpha value is -2.54. The molecule has 29 heavy (non-hydrogen) atoms. The smallest absolute Gasteiger partial charge is 0.331 e. The largest absolute Gasteiger partial charge is 0.465 e. The molecule has 0 aliphatic rings. The highest BCUT2D eigenvalue weighted by atomic mass is 79.9. The number of carbonyl (C=O) groups excluding carboxylic acids is 2.